The number of hydrogen-bond donors (Lipinski definition) is 1. The van der Waals surface area contributed by atoms with E-state index in [9.17, 15) is 0 Å². The van der Waals surface area contributed by atoms with Gasteiger partial charge in [-0.05, 0) is 17.4 Å². The number of pyridine rings is 1. The van der Waals surface area contributed by atoms with Gasteiger partial charge >= 0.3 is 7.48 Å². The van der Waals surface area contributed by atoms with Gasteiger partial charge in [0, 0.05) is 12.4 Å². The third-order valence-corrected chi connectivity index (χ3v) is 1.44. The number of aromatic nitrogens is 1. The molecular formula is C7H10BNO. The number of hydrogen-bond acceptors (Lipinski definition) is 2. The first-order chi connectivity index (χ1) is 4.86. The first-order valence-corrected chi connectivity index (χ1v) is 3.40. The Morgan fingerprint density at radius 1 is 1.60 bits per heavy atom. The van der Waals surface area contributed by atoms with Crippen LogP contribution in [0.2, 0.25) is 0 Å². The van der Waals surface area contributed by atoms with Gasteiger partial charge in [0.05, 0.1) is 0 Å². The van der Waals surface area contributed by atoms with E-state index in [1.807, 2.05) is 12.3 Å². The van der Waals surface area contributed by atoms with E-state index in [0.29, 0.717) is 0 Å². The highest BCUT2D eigenvalue weighted by Crippen LogP contribution is 1.92. The molecule has 0 aromatic carbocycles. The van der Waals surface area contributed by atoms with Crippen molar-refractivity contribution in [2.45, 2.75) is 13.3 Å². The second-order valence-corrected chi connectivity index (χ2v) is 2.21. The molecule has 2 nitrogen and oxygen atoms in total. The minimum Gasteiger partial charge on any atom is -0.449 e. The summed E-state index contributed by atoms with van der Waals surface area (Å²) in [7, 11) is 0.0842. The predicted molar refractivity (Wildman–Crippen MR) is 42.6 cm³/mol. The molecule has 0 spiro atoms. The highest BCUT2D eigenvalue weighted by Gasteiger charge is 1.93. The molecule has 0 fully saturated rings. The van der Waals surface area contributed by atoms with Gasteiger partial charge in [0.2, 0.25) is 0 Å². The number of aryl methyl sites for hydroxylation is 1. The lowest BCUT2D eigenvalue weighted by Gasteiger charge is -1.96. The minimum absolute atomic E-state index is 0.0842. The van der Waals surface area contributed by atoms with Crippen molar-refractivity contribution in [3.63, 3.8) is 0 Å². The van der Waals surface area contributed by atoms with E-state index in [2.05, 4.69) is 11.9 Å². The summed E-state index contributed by atoms with van der Waals surface area (Å²) in [5.41, 5.74) is 2.06. The van der Waals surface area contributed by atoms with Gasteiger partial charge in [-0.1, -0.05) is 13.0 Å². The van der Waals surface area contributed by atoms with Crippen LogP contribution in [0.5, 0.6) is 0 Å². The molecule has 1 aromatic heterocycles. The van der Waals surface area contributed by atoms with Crippen LogP contribution in [0.15, 0.2) is 18.5 Å². The van der Waals surface area contributed by atoms with E-state index < -0.39 is 0 Å². The molecular weight excluding hydrogens is 125 g/mol. The lowest BCUT2D eigenvalue weighted by atomic mass is 9.89. The van der Waals surface area contributed by atoms with Crippen LogP contribution >= 0.6 is 0 Å². The maximum absolute atomic E-state index is 8.72. The second-order valence-electron chi connectivity index (χ2n) is 2.21. The van der Waals surface area contributed by atoms with Gasteiger partial charge in [0.25, 0.3) is 0 Å². The average Bonchev–Trinajstić information content (AvgIpc) is 2.05. The van der Waals surface area contributed by atoms with Crippen molar-refractivity contribution in [2.75, 3.05) is 0 Å². The Hall–Kier alpha value is -0.825. The molecule has 0 aliphatic carbocycles. The molecule has 0 saturated heterocycles. The average molecular weight is 135 g/mol. The lowest BCUT2D eigenvalue weighted by molar-refractivity contribution is 0.615. The van der Waals surface area contributed by atoms with Crippen molar-refractivity contribution < 1.29 is 5.02 Å². The Bertz CT molecular complexity index is 195. The van der Waals surface area contributed by atoms with Crippen molar-refractivity contribution in [3.8, 4) is 0 Å². The molecule has 0 aliphatic rings. The van der Waals surface area contributed by atoms with Gasteiger partial charge in [-0.15, -0.1) is 0 Å². The van der Waals surface area contributed by atoms with E-state index in [4.69, 9.17) is 5.02 Å². The third-order valence-electron chi connectivity index (χ3n) is 1.44. The Kier molecular flexibility index (Phi) is 2.45. The standard InChI is InChI=1S/C7H10BNO/c1-2-6-3-7(8-10)5-9-4-6/h3-5,8,10H,2H2,1H3. The van der Waals surface area contributed by atoms with Crippen LogP contribution < -0.4 is 5.46 Å². The van der Waals surface area contributed by atoms with E-state index in [1.54, 1.807) is 6.20 Å². The van der Waals surface area contributed by atoms with E-state index >= 15 is 0 Å². The van der Waals surface area contributed by atoms with Crippen molar-refractivity contribution in [3.05, 3.63) is 24.0 Å². The van der Waals surface area contributed by atoms with Crippen molar-refractivity contribution >= 4 is 12.9 Å². The largest absolute Gasteiger partial charge is 0.449 e. The monoisotopic (exact) mass is 135 g/mol. The summed E-state index contributed by atoms with van der Waals surface area (Å²) in [5.74, 6) is 0. The number of nitrogens with zero attached hydrogens (tertiary/aromatic N) is 1. The summed E-state index contributed by atoms with van der Waals surface area (Å²) in [5, 5.41) is 8.72. The maximum atomic E-state index is 8.72. The van der Waals surface area contributed by atoms with Crippen LogP contribution in [-0.4, -0.2) is 17.5 Å². The molecule has 0 amide bonds. The van der Waals surface area contributed by atoms with E-state index in [-0.39, 0.29) is 7.48 Å². The summed E-state index contributed by atoms with van der Waals surface area (Å²) in [6.45, 7) is 2.07. The minimum atomic E-state index is 0.0842. The maximum Gasteiger partial charge on any atom is 0.306 e. The molecule has 0 bridgehead atoms. The molecule has 0 atom stereocenters. The fourth-order valence-corrected chi connectivity index (χ4v) is 0.821. The van der Waals surface area contributed by atoms with E-state index in [0.717, 1.165) is 11.9 Å². The SMILES string of the molecule is CCc1cncc(BO)c1. The fraction of sp³-hybridized carbons (Fsp3) is 0.286. The van der Waals surface area contributed by atoms with Gasteiger partial charge in [-0.2, -0.15) is 0 Å². The summed E-state index contributed by atoms with van der Waals surface area (Å²) in [4.78, 5) is 3.97. The van der Waals surface area contributed by atoms with Crippen molar-refractivity contribution in [2.24, 2.45) is 0 Å². The van der Waals surface area contributed by atoms with Crippen LogP contribution in [0.25, 0.3) is 0 Å². The van der Waals surface area contributed by atoms with Gasteiger partial charge in [0.1, 0.15) is 0 Å². The van der Waals surface area contributed by atoms with E-state index in [1.165, 1.54) is 5.56 Å². The Labute approximate surface area is 61.2 Å². The zero-order chi connectivity index (χ0) is 7.40. The summed E-state index contributed by atoms with van der Waals surface area (Å²) in [6, 6.07) is 1.97. The molecule has 0 unspecified atom stereocenters. The molecule has 1 aromatic rings. The van der Waals surface area contributed by atoms with Gasteiger partial charge in [-0.3, -0.25) is 4.98 Å². The van der Waals surface area contributed by atoms with Crippen LogP contribution in [-0.2, 0) is 6.42 Å². The van der Waals surface area contributed by atoms with Gasteiger partial charge < -0.3 is 5.02 Å². The smallest absolute Gasteiger partial charge is 0.306 e. The Balaban J connectivity index is 2.87. The highest BCUT2D eigenvalue weighted by atomic mass is 16.2. The highest BCUT2D eigenvalue weighted by molar-refractivity contribution is 6.45. The molecule has 10 heavy (non-hydrogen) atoms. The van der Waals surface area contributed by atoms with Crippen molar-refractivity contribution in [1.29, 1.82) is 0 Å². The van der Waals surface area contributed by atoms with Crippen LogP contribution in [0.3, 0.4) is 0 Å². The summed E-state index contributed by atoms with van der Waals surface area (Å²) < 4.78 is 0. The second kappa shape index (κ2) is 3.37. The third kappa shape index (κ3) is 1.58. The van der Waals surface area contributed by atoms with Gasteiger partial charge in [0.15, 0.2) is 0 Å². The Morgan fingerprint density at radius 2 is 2.40 bits per heavy atom. The number of rotatable bonds is 2. The topological polar surface area (TPSA) is 33.1 Å². The zero-order valence-corrected chi connectivity index (χ0v) is 6.04. The zero-order valence-electron chi connectivity index (χ0n) is 6.04. The first kappa shape index (κ1) is 7.28. The molecule has 52 valence electrons. The molecule has 0 radical (unpaired) electrons. The summed E-state index contributed by atoms with van der Waals surface area (Å²) >= 11 is 0. The molecule has 1 rings (SSSR count). The molecule has 3 heteroatoms. The van der Waals surface area contributed by atoms with Crippen LogP contribution in [0, 0.1) is 0 Å². The predicted octanol–water partition coefficient (Wildman–Crippen LogP) is -0.387. The molecule has 1 heterocycles. The van der Waals surface area contributed by atoms with Gasteiger partial charge in [-0.25, -0.2) is 0 Å². The fourth-order valence-electron chi connectivity index (χ4n) is 0.821. The normalized spacial score (nSPS) is 9.40. The quantitative estimate of drug-likeness (QED) is 0.560. The molecule has 0 aliphatic heterocycles. The first-order valence-electron chi connectivity index (χ1n) is 3.40. The van der Waals surface area contributed by atoms with Crippen LogP contribution in [0.1, 0.15) is 12.5 Å². The van der Waals surface area contributed by atoms with Crippen molar-refractivity contribution in [1.82, 2.24) is 4.98 Å². The lowest BCUT2D eigenvalue weighted by Crippen LogP contribution is -2.14. The Morgan fingerprint density at radius 3 is 3.00 bits per heavy atom. The van der Waals surface area contributed by atoms with Crippen LogP contribution in [0.4, 0.5) is 0 Å². The molecule has 1 N–H and O–H groups in total. The summed E-state index contributed by atoms with van der Waals surface area (Å²) in [6.07, 6.45) is 4.47. The molecule has 0 saturated carbocycles.